The molecule has 1 atom stereocenters. The van der Waals surface area contributed by atoms with Gasteiger partial charge in [0.2, 0.25) is 5.91 Å². The number of nitrogens with one attached hydrogen (secondary N) is 2. The fourth-order valence-electron chi connectivity index (χ4n) is 8.20. The smallest absolute Gasteiger partial charge is 0.233 e. The molecule has 1 amide bonds. The third-order valence-electron chi connectivity index (χ3n) is 11.3. The van der Waals surface area contributed by atoms with Gasteiger partial charge in [0.1, 0.15) is 0 Å². The van der Waals surface area contributed by atoms with Crippen molar-refractivity contribution in [2.24, 2.45) is 4.99 Å². The van der Waals surface area contributed by atoms with Crippen LogP contribution in [0.2, 0.25) is 0 Å². The van der Waals surface area contributed by atoms with Crippen molar-refractivity contribution >= 4 is 35.6 Å². The molecule has 3 aromatic rings. The quantitative estimate of drug-likeness (QED) is 0.0784. The minimum absolute atomic E-state index is 0.0261. The number of benzene rings is 3. The predicted octanol–water partition coefficient (Wildman–Crippen LogP) is 12.3. The third kappa shape index (κ3) is 12.6. The Balaban J connectivity index is 1.36. The van der Waals surface area contributed by atoms with Crippen molar-refractivity contribution in [3.63, 3.8) is 0 Å². The number of hydrogen-bond acceptors (Lipinski definition) is 2. The number of aliphatic imine (C=N–C) groups is 1. The Morgan fingerprint density at radius 2 is 1.33 bits per heavy atom. The van der Waals surface area contributed by atoms with E-state index in [1.165, 1.54) is 118 Å². The zero-order valence-electron chi connectivity index (χ0n) is 32.2. The van der Waals surface area contributed by atoms with Crippen molar-refractivity contribution in [2.75, 3.05) is 23.8 Å². The number of anilines is 1. The molecular weight excluding hydrogens is 643 g/mol. The topological polar surface area (TPSA) is 67.6 Å². The fourth-order valence-corrected chi connectivity index (χ4v) is 13.3. The molecule has 3 aromatic carbocycles. The number of carbonyl (C=O) groups is 1. The van der Waals surface area contributed by atoms with Crippen molar-refractivity contribution in [3.05, 3.63) is 83.2 Å². The Morgan fingerprint density at radius 3 is 1.96 bits per heavy atom. The van der Waals surface area contributed by atoms with Crippen LogP contribution < -0.4 is 10.6 Å². The van der Waals surface area contributed by atoms with E-state index in [0.717, 1.165) is 36.9 Å². The van der Waals surface area contributed by atoms with Crippen molar-refractivity contribution < 1.29 is 4.79 Å². The van der Waals surface area contributed by atoms with Crippen molar-refractivity contribution in [3.8, 4) is 0 Å². The van der Waals surface area contributed by atoms with Crippen molar-refractivity contribution in [1.82, 2.24) is 5.32 Å². The molecule has 0 aliphatic heterocycles. The fraction of sp³-hybridized carbons (Fsp3) is 0.600. The second kappa shape index (κ2) is 21.0. The highest BCUT2D eigenvalue weighted by Gasteiger charge is 2.35. The zero-order chi connectivity index (χ0) is 35.7. The van der Waals surface area contributed by atoms with E-state index < -0.39 is 13.3 Å². The lowest BCUT2D eigenvalue weighted by Crippen LogP contribution is -2.46. The van der Waals surface area contributed by atoms with Crippen molar-refractivity contribution in [1.29, 1.82) is 0 Å². The Hall–Kier alpha value is -2.91. The Bertz CT molecular complexity index is 1470. The highest BCUT2D eigenvalue weighted by molar-refractivity contribution is 7.75. The van der Waals surface area contributed by atoms with E-state index in [0.29, 0.717) is 12.4 Å². The van der Waals surface area contributed by atoms with E-state index in [-0.39, 0.29) is 18.0 Å². The average Bonchev–Trinajstić information content (AvgIpc) is 3.16. The summed E-state index contributed by atoms with van der Waals surface area (Å²) in [5, 5.41) is 14.6. The van der Waals surface area contributed by atoms with Gasteiger partial charge in [-0.3, -0.25) is 4.79 Å². The molecule has 5 nitrogen and oxygen atoms in total. The summed E-state index contributed by atoms with van der Waals surface area (Å²) in [4.78, 5) is 19.5. The highest BCUT2D eigenvalue weighted by atomic mass is 31.2. The molecule has 0 saturated heterocycles. The number of unbranched alkanes of at least 4 members (excludes halogenated alkanes) is 3. The van der Waals surface area contributed by atoms with E-state index >= 15 is 0 Å². The zero-order valence-corrected chi connectivity index (χ0v) is 33.1. The van der Waals surface area contributed by atoms with Gasteiger partial charge in [0.15, 0.2) is 0 Å². The molecule has 278 valence electrons. The van der Waals surface area contributed by atoms with Crippen LogP contribution in [0.4, 0.5) is 5.69 Å². The number of fused-ring (bicyclic) bond motifs is 1. The molecule has 51 heavy (non-hydrogen) atoms. The molecule has 0 aromatic heterocycles. The van der Waals surface area contributed by atoms with Gasteiger partial charge in [0.25, 0.3) is 0 Å². The maximum atomic E-state index is 14.3. The van der Waals surface area contributed by atoms with E-state index in [1.54, 1.807) is 0 Å². The SMILES string of the molecule is CCCC[P+](CCCC)(CCCC)Cc1ccc(NC(=O)[C@H](Cc2ccc3ccccc3c2)NC(=NC2CCCCC2)[N-]C2CCCCC2)cc1. The molecule has 5 rings (SSSR count). The monoisotopic (exact) mass is 711 g/mol. The van der Waals surface area contributed by atoms with Gasteiger partial charge in [0.05, 0.1) is 30.7 Å². The maximum Gasteiger partial charge on any atom is 0.233 e. The summed E-state index contributed by atoms with van der Waals surface area (Å²) in [5.74, 6) is 0.665. The number of nitrogens with zero attached hydrogens (tertiary/aromatic N) is 2. The van der Waals surface area contributed by atoms with Gasteiger partial charge >= 0.3 is 0 Å². The first-order valence-electron chi connectivity index (χ1n) is 20.8. The number of hydrogen-bond donors (Lipinski definition) is 2. The van der Waals surface area contributed by atoms with E-state index in [4.69, 9.17) is 10.3 Å². The maximum absolute atomic E-state index is 14.3. The molecular formula is C45H67N4OP. The molecule has 0 spiro atoms. The van der Waals surface area contributed by atoms with Crippen LogP contribution in [0.15, 0.2) is 71.7 Å². The summed E-state index contributed by atoms with van der Waals surface area (Å²) in [5.41, 5.74) is 3.44. The lowest BCUT2D eigenvalue weighted by Gasteiger charge is -2.35. The summed E-state index contributed by atoms with van der Waals surface area (Å²) in [6.07, 6.45) is 25.8. The van der Waals surface area contributed by atoms with Crippen LogP contribution >= 0.6 is 7.26 Å². The molecule has 0 bridgehead atoms. The molecule has 0 radical (unpaired) electrons. The van der Waals surface area contributed by atoms with Gasteiger partial charge < -0.3 is 20.9 Å². The number of carbonyl (C=O) groups excluding carboxylic acids is 1. The number of guanidine groups is 1. The van der Waals surface area contributed by atoms with E-state index in [9.17, 15) is 4.79 Å². The van der Waals surface area contributed by atoms with Crippen LogP contribution in [0.5, 0.6) is 0 Å². The summed E-state index contributed by atoms with van der Waals surface area (Å²) < 4.78 is 0. The first kappa shape index (κ1) is 39.3. The average molecular weight is 711 g/mol. The van der Waals surface area contributed by atoms with Gasteiger partial charge in [-0.25, -0.2) is 0 Å². The first-order valence-corrected chi connectivity index (χ1v) is 23.3. The second-order valence-corrected chi connectivity index (χ2v) is 20.0. The summed E-state index contributed by atoms with van der Waals surface area (Å²) >= 11 is 0. The first-order chi connectivity index (χ1) is 25.0. The Kier molecular flexibility index (Phi) is 16.1. The number of rotatable bonds is 18. The Labute approximate surface area is 311 Å². The molecule has 6 heteroatoms. The van der Waals surface area contributed by atoms with Crippen LogP contribution in [0.1, 0.15) is 135 Å². The lowest BCUT2D eigenvalue weighted by molar-refractivity contribution is -0.117. The summed E-state index contributed by atoms with van der Waals surface area (Å²) in [6, 6.07) is 24.0. The molecule has 2 fully saturated rings. The van der Waals surface area contributed by atoms with Crippen LogP contribution in [-0.2, 0) is 17.4 Å². The second-order valence-electron chi connectivity index (χ2n) is 15.7. The lowest BCUT2D eigenvalue weighted by atomic mass is 9.95. The third-order valence-corrected chi connectivity index (χ3v) is 16.2. The minimum Gasteiger partial charge on any atom is -0.428 e. The van der Waals surface area contributed by atoms with Crippen LogP contribution in [0.25, 0.3) is 16.1 Å². The van der Waals surface area contributed by atoms with Gasteiger partial charge in [-0.15, -0.1) is 0 Å². The van der Waals surface area contributed by atoms with Crippen LogP contribution in [0.3, 0.4) is 0 Å². The summed E-state index contributed by atoms with van der Waals surface area (Å²) in [7, 11) is -1.05. The molecule has 0 unspecified atom stereocenters. The normalized spacial score (nSPS) is 17.0. The highest BCUT2D eigenvalue weighted by Crippen LogP contribution is 2.63. The van der Waals surface area contributed by atoms with Crippen LogP contribution in [0, 0.1) is 0 Å². The van der Waals surface area contributed by atoms with Gasteiger partial charge in [-0.1, -0.05) is 133 Å². The van der Waals surface area contributed by atoms with E-state index in [2.05, 4.69) is 98.1 Å². The largest absolute Gasteiger partial charge is 0.428 e. The molecule has 2 aliphatic carbocycles. The minimum atomic E-state index is -1.05. The Morgan fingerprint density at radius 1 is 0.745 bits per heavy atom. The summed E-state index contributed by atoms with van der Waals surface area (Å²) in [6.45, 7) is 7.01. The van der Waals surface area contributed by atoms with Crippen molar-refractivity contribution in [2.45, 2.75) is 154 Å². The molecule has 2 saturated carbocycles. The molecule has 2 aliphatic rings. The predicted molar refractivity (Wildman–Crippen MR) is 224 cm³/mol. The van der Waals surface area contributed by atoms with Gasteiger partial charge in [0, 0.05) is 18.9 Å². The number of amides is 1. The molecule has 0 heterocycles. The molecule has 2 N–H and O–H groups in total. The van der Waals surface area contributed by atoms with E-state index in [1.807, 2.05) is 0 Å². The standard InChI is InChI=1S/C45H67N4OP/c1-4-7-30-51(31-8-5-2,32-9-6-3)35-36-25-28-42(29-26-36)46-44(50)43(34-37-24-27-38-18-16-17-19-39(38)33-37)49-45(47-40-20-12-10-13-21-40)48-41-22-14-11-15-23-41/h16-19,24-29,33,40-41,43H,4-15,20-23,30-32,34-35H2,1-3H3,(H2-,46,47,48,49,50)/t43-/m0/s1. The van der Waals surface area contributed by atoms with Gasteiger partial charge in [-0.05, 0) is 97.5 Å². The van der Waals surface area contributed by atoms with Gasteiger partial charge in [-0.2, -0.15) is 0 Å². The van der Waals surface area contributed by atoms with Crippen LogP contribution in [-0.4, -0.2) is 48.5 Å².